The smallest absolute Gasteiger partial charge is 0.259 e. The molecular formula is C25H22F2N4O2S. The minimum Gasteiger partial charge on any atom is -0.360 e. The first-order valence-corrected chi connectivity index (χ1v) is 12.1. The van der Waals surface area contributed by atoms with Crippen LogP contribution in [0.25, 0.3) is 32.3 Å². The summed E-state index contributed by atoms with van der Waals surface area (Å²) in [6.45, 7) is 1.00. The number of nitrogens with zero attached hydrogens (tertiary/aromatic N) is 2. The number of hydrogen-bond acceptors (Lipinski definition) is 4. The fraction of sp³-hybridized carbons (Fsp3) is 0.280. The maximum atomic E-state index is 13.1. The number of amides is 2. The lowest BCUT2D eigenvalue weighted by atomic mass is 9.97. The zero-order valence-corrected chi connectivity index (χ0v) is 19.0. The Balaban J connectivity index is 1.46. The summed E-state index contributed by atoms with van der Waals surface area (Å²) in [5.74, 6) is -0.799. The highest BCUT2D eigenvalue weighted by Crippen LogP contribution is 2.40. The number of carbonyl (C=O) groups excluding carboxylic acids is 2. The number of benzene rings is 1. The Hall–Kier alpha value is -3.30. The molecule has 5 heterocycles. The second kappa shape index (κ2) is 8.18. The molecule has 0 spiro atoms. The molecule has 0 unspecified atom stereocenters. The van der Waals surface area contributed by atoms with Gasteiger partial charge in [0.25, 0.3) is 18.2 Å². The predicted octanol–water partition coefficient (Wildman–Crippen LogP) is 4.65. The first kappa shape index (κ1) is 21.2. The summed E-state index contributed by atoms with van der Waals surface area (Å²) in [6.07, 6.45) is 2.91. The van der Waals surface area contributed by atoms with Gasteiger partial charge in [-0.15, -0.1) is 11.3 Å². The van der Waals surface area contributed by atoms with Gasteiger partial charge in [-0.2, -0.15) is 0 Å². The van der Waals surface area contributed by atoms with Crippen LogP contribution in [0.3, 0.4) is 0 Å². The molecule has 1 aromatic carbocycles. The van der Waals surface area contributed by atoms with Crippen molar-refractivity contribution >= 4 is 55.4 Å². The Labute approximate surface area is 197 Å². The molecule has 4 aromatic rings. The van der Waals surface area contributed by atoms with Crippen molar-refractivity contribution in [3.8, 4) is 0 Å². The molecule has 0 bridgehead atoms. The SMILES string of the molecule is O=C1NC(=O)C(c2c[nH]c3ccsc23)=C1c1cn(C2CCN(CC(F)F)CC2)c2ccccc12. The molecule has 34 heavy (non-hydrogen) atoms. The molecule has 2 aliphatic heterocycles. The van der Waals surface area contributed by atoms with E-state index in [4.69, 9.17) is 0 Å². The molecule has 2 N–H and O–H groups in total. The molecule has 3 aromatic heterocycles. The lowest BCUT2D eigenvalue weighted by Gasteiger charge is -2.32. The van der Waals surface area contributed by atoms with Gasteiger partial charge in [0, 0.05) is 53.6 Å². The van der Waals surface area contributed by atoms with Crippen LogP contribution >= 0.6 is 11.3 Å². The van der Waals surface area contributed by atoms with Crippen molar-refractivity contribution in [2.24, 2.45) is 0 Å². The number of thiophene rings is 1. The van der Waals surface area contributed by atoms with Crippen molar-refractivity contribution in [3.05, 3.63) is 59.2 Å². The number of aromatic amines is 1. The van der Waals surface area contributed by atoms with E-state index < -0.39 is 18.2 Å². The predicted molar refractivity (Wildman–Crippen MR) is 129 cm³/mol. The Morgan fingerprint density at radius 3 is 2.53 bits per heavy atom. The van der Waals surface area contributed by atoms with Crippen molar-refractivity contribution in [2.45, 2.75) is 25.3 Å². The van der Waals surface area contributed by atoms with E-state index in [1.807, 2.05) is 41.9 Å². The average molecular weight is 481 g/mol. The quantitative estimate of drug-likeness (QED) is 0.409. The number of rotatable bonds is 5. The van der Waals surface area contributed by atoms with Crippen LogP contribution in [-0.4, -0.2) is 52.3 Å². The van der Waals surface area contributed by atoms with Crippen molar-refractivity contribution in [3.63, 3.8) is 0 Å². The molecule has 0 aliphatic carbocycles. The zero-order valence-electron chi connectivity index (χ0n) is 18.2. The van der Waals surface area contributed by atoms with Crippen molar-refractivity contribution in [1.82, 2.24) is 19.8 Å². The Bertz CT molecular complexity index is 1460. The third kappa shape index (κ3) is 3.38. The zero-order chi connectivity index (χ0) is 23.4. The fourth-order valence-electron chi connectivity index (χ4n) is 5.28. The van der Waals surface area contributed by atoms with Crippen LogP contribution < -0.4 is 5.32 Å². The number of para-hydroxylation sites is 1. The topological polar surface area (TPSA) is 70.1 Å². The van der Waals surface area contributed by atoms with Gasteiger partial charge < -0.3 is 9.55 Å². The minimum absolute atomic E-state index is 0.132. The van der Waals surface area contributed by atoms with E-state index in [0.717, 1.165) is 45.1 Å². The number of hydrogen-bond donors (Lipinski definition) is 2. The molecule has 0 saturated carbocycles. The van der Waals surface area contributed by atoms with E-state index in [1.54, 1.807) is 11.1 Å². The van der Waals surface area contributed by atoms with Crippen LogP contribution in [0, 0.1) is 0 Å². The largest absolute Gasteiger partial charge is 0.360 e. The molecule has 2 aliphatic rings. The van der Waals surface area contributed by atoms with Crippen LogP contribution in [0.5, 0.6) is 0 Å². The van der Waals surface area contributed by atoms with Gasteiger partial charge in [0.15, 0.2) is 0 Å². The lowest BCUT2D eigenvalue weighted by molar-refractivity contribution is -0.122. The first-order chi connectivity index (χ1) is 16.5. The number of imide groups is 1. The van der Waals surface area contributed by atoms with Gasteiger partial charge >= 0.3 is 0 Å². The summed E-state index contributed by atoms with van der Waals surface area (Å²) in [5, 5.41) is 5.34. The van der Waals surface area contributed by atoms with E-state index in [1.165, 1.54) is 11.3 Å². The van der Waals surface area contributed by atoms with Gasteiger partial charge in [-0.25, -0.2) is 8.78 Å². The monoisotopic (exact) mass is 480 g/mol. The second-order valence-corrected chi connectivity index (χ2v) is 9.71. The number of alkyl halides is 2. The van der Waals surface area contributed by atoms with Gasteiger partial charge in [-0.3, -0.25) is 19.8 Å². The molecule has 6 rings (SSSR count). The Kier molecular flexibility index (Phi) is 5.11. The van der Waals surface area contributed by atoms with E-state index in [9.17, 15) is 18.4 Å². The fourth-order valence-corrected chi connectivity index (χ4v) is 6.17. The van der Waals surface area contributed by atoms with E-state index in [-0.39, 0.29) is 12.6 Å². The summed E-state index contributed by atoms with van der Waals surface area (Å²) >= 11 is 1.52. The third-order valence-electron chi connectivity index (χ3n) is 6.84. The van der Waals surface area contributed by atoms with Gasteiger partial charge in [-0.1, -0.05) is 18.2 Å². The molecular weight excluding hydrogens is 458 g/mol. The molecule has 0 radical (unpaired) electrons. The number of halogens is 2. The molecule has 1 fully saturated rings. The number of likely N-dealkylation sites (tertiary alicyclic amines) is 1. The molecule has 9 heteroatoms. The highest BCUT2D eigenvalue weighted by molar-refractivity contribution is 7.17. The Morgan fingerprint density at radius 2 is 1.76 bits per heavy atom. The minimum atomic E-state index is -2.33. The highest BCUT2D eigenvalue weighted by Gasteiger charge is 2.36. The summed E-state index contributed by atoms with van der Waals surface area (Å²) in [4.78, 5) is 31.0. The van der Waals surface area contributed by atoms with Crippen molar-refractivity contribution < 1.29 is 18.4 Å². The van der Waals surface area contributed by atoms with Gasteiger partial charge in [0.05, 0.1) is 27.9 Å². The summed E-state index contributed by atoms with van der Waals surface area (Å²) in [7, 11) is 0. The van der Waals surface area contributed by atoms with E-state index in [2.05, 4.69) is 14.9 Å². The summed E-state index contributed by atoms with van der Waals surface area (Å²) in [5.41, 5.74) is 4.10. The van der Waals surface area contributed by atoms with Gasteiger partial charge in [0.1, 0.15) is 0 Å². The number of carbonyl (C=O) groups is 2. The highest BCUT2D eigenvalue weighted by atomic mass is 32.1. The van der Waals surface area contributed by atoms with E-state index in [0.29, 0.717) is 24.2 Å². The van der Waals surface area contributed by atoms with Gasteiger partial charge in [0.2, 0.25) is 0 Å². The molecule has 1 saturated heterocycles. The number of piperidine rings is 1. The van der Waals surface area contributed by atoms with Crippen LogP contribution in [0.4, 0.5) is 8.78 Å². The standard InChI is InChI=1S/C25H22F2N4O2S/c26-20(27)13-30-8-5-14(6-9-30)31-12-17(15-3-1-2-4-19(15)31)22-21(24(32)29-25(22)33)16-11-28-18-7-10-34-23(16)18/h1-4,7,10-12,14,20,28H,5-6,8-9,13H2,(H,29,32,33). The number of fused-ring (bicyclic) bond motifs is 2. The maximum absolute atomic E-state index is 13.1. The summed E-state index contributed by atoms with van der Waals surface area (Å²) in [6, 6.07) is 9.92. The average Bonchev–Trinajstić information content (AvgIpc) is 3.57. The summed E-state index contributed by atoms with van der Waals surface area (Å²) < 4.78 is 28.7. The number of nitrogens with one attached hydrogen (secondary N) is 2. The normalized spacial score (nSPS) is 18.2. The maximum Gasteiger partial charge on any atom is 0.259 e. The Morgan fingerprint density at radius 1 is 1.03 bits per heavy atom. The van der Waals surface area contributed by atoms with Crippen molar-refractivity contribution in [1.29, 1.82) is 0 Å². The lowest BCUT2D eigenvalue weighted by Crippen LogP contribution is -2.37. The molecule has 6 nitrogen and oxygen atoms in total. The van der Waals surface area contributed by atoms with Crippen molar-refractivity contribution in [2.75, 3.05) is 19.6 Å². The molecule has 174 valence electrons. The van der Waals surface area contributed by atoms with Gasteiger partial charge in [-0.05, 0) is 30.4 Å². The number of aromatic nitrogens is 2. The van der Waals surface area contributed by atoms with Crippen LogP contribution in [0.1, 0.15) is 30.0 Å². The molecule has 2 amide bonds. The van der Waals surface area contributed by atoms with Crippen LogP contribution in [-0.2, 0) is 9.59 Å². The second-order valence-electron chi connectivity index (χ2n) is 8.79. The first-order valence-electron chi connectivity index (χ1n) is 11.3. The van der Waals surface area contributed by atoms with E-state index >= 15 is 0 Å². The third-order valence-corrected chi connectivity index (χ3v) is 7.79. The van der Waals surface area contributed by atoms with Crippen LogP contribution in [0.2, 0.25) is 0 Å². The van der Waals surface area contributed by atoms with Crippen LogP contribution in [0.15, 0.2) is 48.1 Å². The number of H-pyrrole nitrogens is 1. The molecule has 0 atom stereocenters.